The Morgan fingerprint density at radius 3 is 2.67 bits per heavy atom. The summed E-state index contributed by atoms with van der Waals surface area (Å²) in [6, 6.07) is 0. The molecule has 0 radical (unpaired) electrons. The monoisotopic (exact) mass is 294 g/mol. The summed E-state index contributed by atoms with van der Waals surface area (Å²) in [6.07, 6.45) is 0.293. The van der Waals surface area contributed by atoms with E-state index in [2.05, 4.69) is 20.6 Å². The number of nitrogens with zero attached hydrogens (tertiary/aromatic N) is 3. The third-order valence-electron chi connectivity index (χ3n) is 3.11. The molecule has 0 saturated carbocycles. The first-order valence-corrected chi connectivity index (χ1v) is 6.62. The lowest BCUT2D eigenvalue weighted by atomic mass is 10.4. The number of carbonyl (C=O) groups excluding carboxylic acids is 1. The van der Waals surface area contributed by atoms with Gasteiger partial charge in [-0.2, -0.15) is 4.98 Å². The average Bonchev–Trinajstić information content (AvgIpc) is 2.87. The molecular weight excluding hydrogens is 276 g/mol. The number of amides is 1. The molecule has 0 unspecified atom stereocenters. The van der Waals surface area contributed by atoms with Crippen molar-refractivity contribution < 1.29 is 4.79 Å². The highest BCUT2D eigenvalue weighted by Crippen LogP contribution is 2.07. The molecule has 0 atom stereocenters. The highest BCUT2D eigenvalue weighted by molar-refractivity contribution is 5.76. The SMILES string of the molecule is CCNC(=O)CCNc1nc2c([nH]1)c(=O)n(C)c(=O)n2C. The van der Waals surface area contributed by atoms with E-state index in [1.807, 2.05) is 6.92 Å². The van der Waals surface area contributed by atoms with Crippen molar-refractivity contribution in [2.75, 3.05) is 18.4 Å². The molecule has 2 heterocycles. The molecule has 0 aliphatic heterocycles. The topological polar surface area (TPSA) is 114 Å². The molecule has 1 amide bonds. The van der Waals surface area contributed by atoms with Gasteiger partial charge in [-0.05, 0) is 6.92 Å². The van der Waals surface area contributed by atoms with E-state index in [9.17, 15) is 14.4 Å². The minimum atomic E-state index is -0.437. The standard InChI is InChI=1S/C12H18N6O3/c1-4-13-7(19)5-6-14-11-15-8-9(16-11)17(2)12(21)18(3)10(8)20/h4-6H2,1-3H3,(H,13,19)(H2,14,15,16). The van der Waals surface area contributed by atoms with Crippen molar-refractivity contribution in [3.8, 4) is 0 Å². The van der Waals surface area contributed by atoms with Crippen LogP contribution in [0.1, 0.15) is 13.3 Å². The summed E-state index contributed by atoms with van der Waals surface area (Å²) in [6.45, 7) is 2.81. The molecule has 2 aromatic rings. The van der Waals surface area contributed by atoms with Crippen LogP contribution in [-0.2, 0) is 18.9 Å². The predicted molar refractivity (Wildman–Crippen MR) is 78.4 cm³/mol. The van der Waals surface area contributed by atoms with Gasteiger partial charge in [0.1, 0.15) is 0 Å². The Labute approximate surface area is 120 Å². The van der Waals surface area contributed by atoms with Gasteiger partial charge in [0, 0.05) is 33.6 Å². The lowest BCUT2D eigenvalue weighted by Crippen LogP contribution is -2.36. The second-order valence-electron chi connectivity index (χ2n) is 4.62. The van der Waals surface area contributed by atoms with E-state index in [4.69, 9.17) is 0 Å². The smallest absolute Gasteiger partial charge is 0.332 e. The van der Waals surface area contributed by atoms with Crippen molar-refractivity contribution in [3.63, 3.8) is 0 Å². The Hall–Kier alpha value is -2.58. The van der Waals surface area contributed by atoms with Gasteiger partial charge in [-0.3, -0.25) is 18.7 Å². The van der Waals surface area contributed by atoms with Gasteiger partial charge in [-0.25, -0.2) is 4.79 Å². The second kappa shape index (κ2) is 5.81. The number of hydrogen-bond acceptors (Lipinski definition) is 5. The van der Waals surface area contributed by atoms with Gasteiger partial charge in [0.15, 0.2) is 11.2 Å². The fraction of sp³-hybridized carbons (Fsp3) is 0.500. The quantitative estimate of drug-likeness (QED) is 0.647. The molecule has 114 valence electrons. The van der Waals surface area contributed by atoms with E-state index < -0.39 is 11.2 Å². The number of rotatable bonds is 5. The zero-order valence-corrected chi connectivity index (χ0v) is 12.2. The first-order valence-electron chi connectivity index (χ1n) is 6.62. The normalized spacial score (nSPS) is 10.8. The highest BCUT2D eigenvalue weighted by Gasteiger charge is 2.13. The third-order valence-corrected chi connectivity index (χ3v) is 3.11. The van der Waals surface area contributed by atoms with Gasteiger partial charge in [-0.1, -0.05) is 0 Å². The number of fused-ring (bicyclic) bond motifs is 1. The number of aromatic amines is 1. The number of carbonyl (C=O) groups is 1. The lowest BCUT2D eigenvalue weighted by molar-refractivity contribution is -0.120. The van der Waals surface area contributed by atoms with Crippen LogP contribution in [0.3, 0.4) is 0 Å². The molecule has 0 aliphatic rings. The number of H-pyrrole nitrogens is 1. The summed E-state index contributed by atoms with van der Waals surface area (Å²) < 4.78 is 2.31. The summed E-state index contributed by atoms with van der Waals surface area (Å²) in [5.41, 5.74) is -0.339. The minimum Gasteiger partial charge on any atom is -0.356 e. The molecule has 2 aromatic heterocycles. The summed E-state index contributed by atoms with van der Waals surface area (Å²) >= 11 is 0. The van der Waals surface area contributed by atoms with Crippen LogP contribution in [0.15, 0.2) is 9.59 Å². The number of aryl methyl sites for hydroxylation is 1. The van der Waals surface area contributed by atoms with E-state index in [0.717, 1.165) is 4.57 Å². The van der Waals surface area contributed by atoms with Crippen LogP contribution < -0.4 is 21.9 Å². The Kier molecular flexibility index (Phi) is 4.10. The van der Waals surface area contributed by atoms with E-state index in [-0.39, 0.29) is 17.1 Å². The van der Waals surface area contributed by atoms with Crippen LogP contribution in [-0.4, -0.2) is 38.1 Å². The minimum absolute atomic E-state index is 0.0653. The molecule has 21 heavy (non-hydrogen) atoms. The molecule has 0 spiro atoms. The Bertz CT molecular complexity index is 785. The van der Waals surface area contributed by atoms with Crippen molar-refractivity contribution in [3.05, 3.63) is 20.8 Å². The number of hydrogen-bond donors (Lipinski definition) is 3. The van der Waals surface area contributed by atoms with Gasteiger partial charge < -0.3 is 15.6 Å². The Balaban J connectivity index is 2.22. The summed E-state index contributed by atoms with van der Waals surface area (Å²) in [7, 11) is 2.95. The van der Waals surface area contributed by atoms with Gasteiger partial charge >= 0.3 is 5.69 Å². The first kappa shape index (κ1) is 14.8. The summed E-state index contributed by atoms with van der Waals surface area (Å²) in [5.74, 6) is 0.289. The molecule has 9 heteroatoms. The first-order chi connectivity index (χ1) is 9.95. The maximum Gasteiger partial charge on any atom is 0.332 e. The third kappa shape index (κ3) is 2.81. The van der Waals surface area contributed by atoms with Crippen molar-refractivity contribution >= 4 is 23.0 Å². The Morgan fingerprint density at radius 2 is 2.00 bits per heavy atom. The molecule has 0 bridgehead atoms. The molecule has 0 aromatic carbocycles. The maximum atomic E-state index is 12.0. The fourth-order valence-corrected chi connectivity index (χ4v) is 1.99. The molecule has 0 aliphatic carbocycles. The van der Waals surface area contributed by atoms with E-state index in [1.165, 1.54) is 11.6 Å². The van der Waals surface area contributed by atoms with E-state index in [1.54, 1.807) is 7.05 Å². The largest absolute Gasteiger partial charge is 0.356 e. The van der Waals surface area contributed by atoms with Crippen LogP contribution in [0.5, 0.6) is 0 Å². The molecule has 0 fully saturated rings. The average molecular weight is 294 g/mol. The van der Waals surface area contributed by atoms with Gasteiger partial charge in [0.05, 0.1) is 0 Å². The van der Waals surface area contributed by atoms with Gasteiger partial charge in [0.2, 0.25) is 11.9 Å². The van der Waals surface area contributed by atoms with Crippen molar-refractivity contribution in [2.24, 2.45) is 14.1 Å². The summed E-state index contributed by atoms with van der Waals surface area (Å²) in [4.78, 5) is 42.1. The number of nitrogens with one attached hydrogen (secondary N) is 3. The van der Waals surface area contributed by atoms with Crippen molar-refractivity contribution in [1.82, 2.24) is 24.4 Å². The molecular formula is C12H18N6O3. The molecule has 3 N–H and O–H groups in total. The van der Waals surface area contributed by atoms with Crippen LogP contribution in [0.25, 0.3) is 11.2 Å². The van der Waals surface area contributed by atoms with Gasteiger partial charge in [-0.15, -0.1) is 0 Å². The summed E-state index contributed by atoms with van der Waals surface area (Å²) in [5, 5.41) is 5.61. The van der Waals surface area contributed by atoms with E-state index in [0.29, 0.717) is 25.5 Å². The van der Waals surface area contributed by atoms with Crippen molar-refractivity contribution in [2.45, 2.75) is 13.3 Å². The van der Waals surface area contributed by atoms with Crippen molar-refractivity contribution in [1.29, 1.82) is 0 Å². The molecule has 9 nitrogen and oxygen atoms in total. The molecule has 2 rings (SSSR count). The fourth-order valence-electron chi connectivity index (χ4n) is 1.99. The molecule has 0 saturated heterocycles. The maximum absolute atomic E-state index is 12.0. The highest BCUT2D eigenvalue weighted by atomic mass is 16.2. The lowest BCUT2D eigenvalue weighted by Gasteiger charge is -2.02. The number of anilines is 1. The predicted octanol–water partition coefficient (Wildman–Crippen LogP) is -1.10. The zero-order valence-electron chi connectivity index (χ0n) is 12.2. The van der Waals surface area contributed by atoms with Crippen LogP contribution in [0.4, 0.5) is 5.95 Å². The van der Waals surface area contributed by atoms with Crippen LogP contribution >= 0.6 is 0 Å². The van der Waals surface area contributed by atoms with Crippen LogP contribution in [0, 0.1) is 0 Å². The number of imidazole rings is 1. The second-order valence-corrected chi connectivity index (χ2v) is 4.62. The van der Waals surface area contributed by atoms with Gasteiger partial charge in [0.25, 0.3) is 5.56 Å². The number of aromatic nitrogens is 4. The van der Waals surface area contributed by atoms with E-state index >= 15 is 0 Å². The zero-order chi connectivity index (χ0) is 15.6. The van der Waals surface area contributed by atoms with Crippen LogP contribution in [0.2, 0.25) is 0 Å². The Morgan fingerprint density at radius 1 is 1.29 bits per heavy atom.